The van der Waals surface area contributed by atoms with E-state index < -0.39 is 0 Å². The highest BCUT2D eigenvalue weighted by atomic mass is 16.3. The largest absolute Gasteiger partial charge is 0.507 e. The number of phenolic OH excluding ortho intramolecular Hbond substituents is 1. The lowest BCUT2D eigenvalue weighted by atomic mass is 9.81. The average molecular weight is 983 g/mol. The lowest BCUT2D eigenvalue weighted by Gasteiger charge is -2.23. The van der Waals surface area contributed by atoms with Gasteiger partial charge in [0.1, 0.15) is 17.1 Å². The zero-order valence-electron chi connectivity index (χ0n) is 45.7. The van der Waals surface area contributed by atoms with Crippen molar-refractivity contribution < 1.29 is 9.52 Å². The van der Waals surface area contributed by atoms with Crippen molar-refractivity contribution in [2.45, 2.75) is 100 Å². The zero-order chi connectivity index (χ0) is 52.8. The summed E-state index contributed by atoms with van der Waals surface area (Å²) in [4.78, 5) is 0. The molecular formula is C73H74O2. The van der Waals surface area contributed by atoms with Gasteiger partial charge < -0.3 is 9.52 Å². The quantitative estimate of drug-likeness (QED) is 0.148. The summed E-state index contributed by atoms with van der Waals surface area (Å²) in [5, 5.41) is 11.7. The molecule has 1 heterocycles. The van der Waals surface area contributed by atoms with E-state index in [0.717, 1.165) is 53.7 Å². The molecule has 0 unspecified atom stereocenters. The summed E-state index contributed by atoms with van der Waals surface area (Å²) in [6.45, 7) is 19.6. The van der Waals surface area contributed by atoms with Crippen molar-refractivity contribution in [2.24, 2.45) is 0 Å². The summed E-state index contributed by atoms with van der Waals surface area (Å²) >= 11 is 0. The van der Waals surface area contributed by atoms with Crippen LogP contribution in [0, 0.1) is 20.8 Å². The molecule has 1 aliphatic rings. The van der Waals surface area contributed by atoms with Gasteiger partial charge in [0.15, 0.2) is 0 Å². The highest BCUT2D eigenvalue weighted by Gasteiger charge is 2.20. The molecule has 0 amide bonds. The second-order valence-corrected chi connectivity index (χ2v) is 19.8. The van der Waals surface area contributed by atoms with Crippen LogP contribution in [0.2, 0.25) is 0 Å². The van der Waals surface area contributed by atoms with Gasteiger partial charge in [-0.25, -0.2) is 0 Å². The first kappa shape index (κ1) is 53.4. The number of para-hydroxylation sites is 1. The number of hydrogen-bond donors (Lipinski definition) is 1. The number of benzene rings is 9. The minimum Gasteiger partial charge on any atom is -0.507 e. The molecule has 0 radical (unpaired) electrons. The summed E-state index contributed by atoms with van der Waals surface area (Å²) in [6.07, 6.45) is 9.99. The van der Waals surface area contributed by atoms with Crippen LogP contribution in [-0.2, 0) is 19.3 Å². The Hall–Kier alpha value is -7.94. The molecule has 0 spiro atoms. The van der Waals surface area contributed by atoms with Gasteiger partial charge in [-0.3, -0.25) is 0 Å². The topological polar surface area (TPSA) is 33.4 Å². The van der Waals surface area contributed by atoms with E-state index in [9.17, 15) is 5.11 Å². The molecule has 0 bridgehead atoms. The molecule has 0 aliphatic heterocycles. The zero-order valence-corrected chi connectivity index (χ0v) is 45.7. The first-order valence-electron chi connectivity index (χ1n) is 27.2. The Morgan fingerprint density at radius 3 is 1.72 bits per heavy atom. The van der Waals surface area contributed by atoms with Crippen LogP contribution >= 0.6 is 0 Å². The minimum atomic E-state index is 0.299. The molecule has 1 aromatic heterocycles. The molecule has 2 heteroatoms. The molecular weight excluding hydrogens is 909 g/mol. The van der Waals surface area contributed by atoms with Gasteiger partial charge in [0.2, 0.25) is 0 Å². The molecule has 0 atom stereocenters. The predicted molar refractivity (Wildman–Crippen MR) is 324 cm³/mol. The van der Waals surface area contributed by atoms with Crippen molar-refractivity contribution in [3.63, 3.8) is 0 Å². The average Bonchev–Trinajstić information content (AvgIpc) is 3.84. The Bertz CT molecular complexity index is 3510. The van der Waals surface area contributed by atoms with Crippen LogP contribution in [-0.4, -0.2) is 5.11 Å². The van der Waals surface area contributed by atoms with E-state index >= 15 is 0 Å². The number of hydrogen-bond acceptors (Lipinski definition) is 2. The Morgan fingerprint density at radius 2 is 1.04 bits per heavy atom. The van der Waals surface area contributed by atoms with Crippen LogP contribution in [0.4, 0.5) is 0 Å². The molecule has 11 rings (SSSR count). The van der Waals surface area contributed by atoms with Crippen LogP contribution in [0.1, 0.15) is 105 Å². The maximum Gasteiger partial charge on any atom is 0.135 e. The van der Waals surface area contributed by atoms with Gasteiger partial charge in [0.05, 0.1) is 0 Å². The summed E-state index contributed by atoms with van der Waals surface area (Å²) < 4.78 is 5.93. The number of fused-ring (bicyclic) bond motifs is 3. The summed E-state index contributed by atoms with van der Waals surface area (Å²) in [5.74, 6) is 1.87. The maximum atomic E-state index is 10.4. The second-order valence-electron chi connectivity index (χ2n) is 19.8. The number of aryl methyl sites for hydroxylation is 6. The third-order valence-corrected chi connectivity index (χ3v) is 14.3. The summed E-state index contributed by atoms with van der Waals surface area (Å²) in [6, 6.07) is 70.8. The van der Waals surface area contributed by atoms with Crippen molar-refractivity contribution in [1.29, 1.82) is 0 Å². The molecule has 2 nitrogen and oxygen atoms in total. The Kier molecular flexibility index (Phi) is 18.0. The van der Waals surface area contributed by atoms with Crippen molar-refractivity contribution in [1.82, 2.24) is 0 Å². The van der Waals surface area contributed by atoms with E-state index in [4.69, 9.17) is 4.42 Å². The molecule has 0 saturated carbocycles. The van der Waals surface area contributed by atoms with E-state index in [1.165, 1.54) is 101 Å². The van der Waals surface area contributed by atoms with Gasteiger partial charge in [-0.1, -0.05) is 230 Å². The molecule has 0 saturated heterocycles. The highest BCUT2D eigenvalue weighted by Crippen LogP contribution is 2.44. The van der Waals surface area contributed by atoms with E-state index in [1.807, 2.05) is 32.0 Å². The van der Waals surface area contributed by atoms with E-state index in [1.54, 1.807) is 6.07 Å². The Labute approximate surface area is 448 Å². The molecule has 9 aromatic carbocycles. The Morgan fingerprint density at radius 1 is 0.480 bits per heavy atom. The molecule has 0 fully saturated rings. The fraction of sp³-hybridized carbons (Fsp3) is 0.205. The Balaban J connectivity index is 0.000000164. The maximum absolute atomic E-state index is 10.4. The number of rotatable bonds is 10. The van der Waals surface area contributed by atoms with Crippen LogP contribution < -0.4 is 0 Å². The van der Waals surface area contributed by atoms with Crippen molar-refractivity contribution in [3.05, 3.63) is 251 Å². The molecule has 1 N–H and O–H groups in total. The highest BCUT2D eigenvalue weighted by molar-refractivity contribution is 5.92. The lowest BCUT2D eigenvalue weighted by Crippen LogP contribution is -2.00. The van der Waals surface area contributed by atoms with Crippen molar-refractivity contribution >= 4 is 17.0 Å². The van der Waals surface area contributed by atoms with Gasteiger partial charge in [-0.05, 0) is 171 Å². The van der Waals surface area contributed by atoms with Gasteiger partial charge in [0.25, 0.3) is 0 Å². The fourth-order valence-electron chi connectivity index (χ4n) is 10.2. The second kappa shape index (κ2) is 25.3. The smallest absolute Gasteiger partial charge is 0.135 e. The molecule has 378 valence electrons. The third-order valence-electron chi connectivity index (χ3n) is 14.3. The molecule has 1 aliphatic carbocycles. The van der Waals surface area contributed by atoms with Crippen molar-refractivity contribution in [2.75, 3.05) is 0 Å². The molecule has 10 aromatic rings. The standard InChI is InChI=1S/C36H34O.C20H18.C15H16O.C2H6/c1-23(2)30-20-18-26(5)35(36(30)31-14-7-6-11-24(31)3)33-22-28(19-17-25(33)4)27-12-10-13-29(21-27)32-15-8-9-16-34(32)37;1-2-16-11-13-18(14-12-16)20-10-6-9-19(15-20)17-7-4-3-5-8-17;1-2-5-11-8-9-13-12-6-3-4-7-14(12)16-15(13)10-11;1-2/h6-23,37H,1-5H3;3-15H,2H2,1H3;3,6,8-10H,2,4-5,7H2,1H3;1-2H3. The summed E-state index contributed by atoms with van der Waals surface area (Å²) in [5.41, 5.74) is 24.8. The van der Waals surface area contributed by atoms with Gasteiger partial charge in [-0.2, -0.15) is 0 Å². The summed E-state index contributed by atoms with van der Waals surface area (Å²) in [7, 11) is 0. The number of allylic oxidation sites excluding steroid dienone is 1. The third kappa shape index (κ3) is 12.5. The molecule has 75 heavy (non-hydrogen) atoms. The van der Waals surface area contributed by atoms with E-state index in [2.05, 4.69) is 237 Å². The van der Waals surface area contributed by atoms with Gasteiger partial charge in [0, 0.05) is 22.9 Å². The first-order valence-corrected chi connectivity index (χ1v) is 27.2. The van der Waals surface area contributed by atoms with Crippen LogP contribution in [0.25, 0.3) is 83.8 Å². The minimum absolute atomic E-state index is 0.299. The fourth-order valence-corrected chi connectivity index (χ4v) is 10.2. The van der Waals surface area contributed by atoms with Crippen LogP contribution in [0.3, 0.4) is 0 Å². The predicted octanol–water partition coefficient (Wildman–Crippen LogP) is 21.1. The van der Waals surface area contributed by atoms with Gasteiger partial charge in [-0.15, -0.1) is 0 Å². The monoisotopic (exact) mass is 983 g/mol. The number of phenols is 1. The van der Waals surface area contributed by atoms with Crippen LogP contribution in [0.5, 0.6) is 5.75 Å². The first-order chi connectivity index (χ1) is 36.6. The number of aromatic hydroxyl groups is 1. The normalized spacial score (nSPS) is 11.4. The number of furan rings is 1. The SMILES string of the molecule is CC.CCCc1ccc2c3c(oc2c1)CCC=C3.CCc1ccc(-c2cccc(-c3ccccc3)c2)cc1.Cc1ccc(-c2cccc(-c3ccccc3O)c2)cc1-c1c(C)ccc(C(C)C)c1-c1ccccc1C. The van der Waals surface area contributed by atoms with Crippen molar-refractivity contribution in [3.8, 4) is 72.5 Å². The van der Waals surface area contributed by atoms with Crippen LogP contribution in [0.15, 0.2) is 211 Å². The van der Waals surface area contributed by atoms with E-state index in [0.29, 0.717) is 11.7 Å². The van der Waals surface area contributed by atoms with Gasteiger partial charge >= 0.3 is 0 Å². The lowest BCUT2D eigenvalue weighted by molar-refractivity contribution is 0.477. The van der Waals surface area contributed by atoms with E-state index in [-0.39, 0.29) is 0 Å².